The van der Waals surface area contributed by atoms with Gasteiger partial charge in [-0.3, -0.25) is 4.98 Å². The van der Waals surface area contributed by atoms with Crippen LogP contribution in [0.25, 0.3) is 27.2 Å². The molecule has 0 saturated heterocycles. The van der Waals surface area contributed by atoms with E-state index < -0.39 is 17.6 Å². The van der Waals surface area contributed by atoms with E-state index in [0.29, 0.717) is 31.5 Å². The lowest BCUT2D eigenvalue weighted by Crippen LogP contribution is -2.23. The molecule has 4 aromatic heterocycles. The van der Waals surface area contributed by atoms with Crippen molar-refractivity contribution < 1.29 is 13.2 Å². The minimum absolute atomic E-state index is 0.100. The molecule has 0 N–H and O–H groups in total. The molecule has 0 aliphatic carbocycles. The summed E-state index contributed by atoms with van der Waals surface area (Å²) in [5.41, 5.74) is 1.07. The second-order valence-electron chi connectivity index (χ2n) is 7.44. The fourth-order valence-corrected chi connectivity index (χ4v) is 4.53. The molecular weight excluding hydrogens is 501 g/mol. The Morgan fingerprint density at radius 2 is 1.83 bits per heavy atom. The molecule has 5 aromatic rings. The van der Waals surface area contributed by atoms with Gasteiger partial charge in [-0.1, -0.05) is 29.8 Å². The van der Waals surface area contributed by atoms with Crippen molar-refractivity contribution in [1.82, 2.24) is 24.4 Å². The zero-order chi connectivity index (χ0) is 24.7. The Morgan fingerprint density at radius 1 is 1.06 bits per heavy atom. The number of halogens is 4. The largest absolute Gasteiger partial charge is 0.433 e. The van der Waals surface area contributed by atoms with Crippen LogP contribution in [0.15, 0.2) is 65.7 Å². The van der Waals surface area contributed by atoms with E-state index in [1.165, 1.54) is 23.6 Å². The molecule has 0 aliphatic heterocycles. The first-order valence-corrected chi connectivity index (χ1v) is 11.2. The van der Waals surface area contributed by atoms with Crippen molar-refractivity contribution in [3.63, 3.8) is 0 Å². The molecule has 4 heterocycles. The van der Waals surface area contributed by atoms with E-state index in [1.54, 1.807) is 36.4 Å². The van der Waals surface area contributed by atoms with E-state index in [-0.39, 0.29) is 12.2 Å². The second-order valence-corrected chi connectivity index (χ2v) is 8.96. The SMILES string of the molecule is N#Cc1ccc(-c2c(-c3ccc(Cl)cc3)cnn3c(=O)n(Cc4ccc(C(F)(F)F)nc4)nc23)s1. The average Bonchev–Trinajstić information content (AvgIpc) is 3.44. The summed E-state index contributed by atoms with van der Waals surface area (Å²) in [5.74, 6) is 0. The first kappa shape index (κ1) is 22.8. The fourth-order valence-electron chi connectivity index (χ4n) is 3.55. The van der Waals surface area contributed by atoms with Crippen molar-refractivity contribution >= 4 is 28.6 Å². The van der Waals surface area contributed by atoms with Crippen LogP contribution in [-0.2, 0) is 12.7 Å². The van der Waals surface area contributed by atoms with Gasteiger partial charge in [-0.2, -0.15) is 28.0 Å². The zero-order valence-corrected chi connectivity index (χ0v) is 19.1. The number of alkyl halides is 3. The number of thiophene rings is 1. The standard InChI is InChI=1S/C23H12ClF3N6OS/c24-15-4-2-14(3-5-15)17-11-30-33-21(20(17)18-7-6-16(9-28)35-18)31-32(22(33)34)12-13-1-8-19(29-10-13)23(25,26)27/h1-8,10-11H,12H2. The van der Waals surface area contributed by atoms with Crippen LogP contribution in [-0.4, -0.2) is 24.4 Å². The number of fused-ring (bicyclic) bond motifs is 1. The lowest BCUT2D eigenvalue weighted by atomic mass is 10.0. The van der Waals surface area contributed by atoms with Crippen molar-refractivity contribution in [2.45, 2.75) is 12.7 Å². The van der Waals surface area contributed by atoms with Gasteiger partial charge >= 0.3 is 11.9 Å². The number of nitrogens with zero attached hydrogens (tertiary/aromatic N) is 6. The van der Waals surface area contributed by atoms with Crippen molar-refractivity contribution in [1.29, 1.82) is 5.26 Å². The summed E-state index contributed by atoms with van der Waals surface area (Å²) >= 11 is 7.27. The molecule has 0 bridgehead atoms. The Bertz CT molecular complexity index is 1650. The third-order valence-corrected chi connectivity index (χ3v) is 6.44. The van der Waals surface area contributed by atoms with E-state index in [1.807, 2.05) is 0 Å². The molecule has 5 rings (SSSR count). The summed E-state index contributed by atoms with van der Waals surface area (Å²) in [4.78, 5) is 17.7. The molecule has 0 radical (unpaired) electrons. The third kappa shape index (κ3) is 4.29. The third-order valence-electron chi connectivity index (χ3n) is 5.18. The molecule has 0 saturated carbocycles. The van der Waals surface area contributed by atoms with Gasteiger partial charge in [-0.05, 0) is 41.5 Å². The van der Waals surface area contributed by atoms with Crippen LogP contribution in [0.2, 0.25) is 5.02 Å². The highest BCUT2D eigenvalue weighted by Gasteiger charge is 2.32. The van der Waals surface area contributed by atoms with E-state index >= 15 is 0 Å². The smallest absolute Gasteiger partial charge is 0.251 e. The van der Waals surface area contributed by atoms with E-state index in [9.17, 15) is 23.2 Å². The molecular formula is C23H12ClF3N6OS. The number of hydrogen-bond acceptors (Lipinski definition) is 6. The van der Waals surface area contributed by atoms with Crippen LogP contribution in [0.1, 0.15) is 16.1 Å². The Labute approximate surface area is 204 Å². The number of benzene rings is 1. The zero-order valence-electron chi connectivity index (χ0n) is 17.5. The average molecular weight is 513 g/mol. The van der Waals surface area contributed by atoms with Crippen molar-refractivity contribution in [2.75, 3.05) is 0 Å². The van der Waals surface area contributed by atoms with Crippen LogP contribution >= 0.6 is 22.9 Å². The maximum atomic E-state index is 13.0. The molecule has 0 unspecified atom stereocenters. The Balaban J connectivity index is 1.66. The predicted octanol–water partition coefficient (Wildman–Crippen LogP) is 5.27. The van der Waals surface area contributed by atoms with Gasteiger partial charge in [0.15, 0.2) is 5.65 Å². The molecule has 0 aliphatic rings. The highest BCUT2D eigenvalue weighted by atomic mass is 35.5. The number of aromatic nitrogens is 5. The monoisotopic (exact) mass is 512 g/mol. The summed E-state index contributed by atoms with van der Waals surface area (Å²) in [6.07, 6.45) is -1.96. The predicted molar refractivity (Wildman–Crippen MR) is 124 cm³/mol. The molecule has 174 valence electrons. The lowest BCUT2D eigenvalue weighted by molar-refractivity contribution is -0.141. The van der Waals surface area contributed by atoms with Gasteiger partial charge in [0, 0.05) is 27.2 Å². The van der Waals surface area contributed by atoms with Gasteiger partial charge in [0.25, 0.3) is 0 Å². The Morgan fingerprint density at radius 3 is 2.46 bits per heavy atom. The molecule has 35 heavy (non-hydrogen) atoms. The van der Waals surface area contributed by atoms with Crippen LogP contribution in [0, 0.1) is 11.3 Å². The minimum atomic E-state index is -4.56. The number of rotatable bonds is 4. The molecule has 0 amide bonds. The molecule has 0 atom stereocenters. The fraction of sp³-hybridized carbons (Fsp3) is 0.0870. The quantitative estimate of drug-likeness (QED) is 0.327. The van der Waals surface area contributed by atoms with Gasteiger partial charge in [0.2, 0.25) is 0 Å². The highest BCUT2D eigenvalue weighted by Crippen LogP contribution is 2.38. The van der Waals surface area contributed by atoms with Gasteiger partial charge < -0.3 is 0 Å². The van der Waals surface area contributed by atoms with Crippen LogP contribution in [0.4, 0.5) is 13.2 Å². The molecule has 0 spiro atoms. The van der Waals surface area contributed by atoms with Crippen molar-refractivity contribution in [3.8, 4) is 27.6 Å². The molecule has 12 heteroatoms. The highest BCUT2D eigenvalue weighted by molar-refractivity contribution is 7.16. The normalized spacial score (nSPS) is 11.6. The lowest BCUT2D eigenvalue weighted by Gasteiger charge is -2.09. The molecule has 7 nitrogen and oxygen atoms in total. The number of hydrogen-bond donors (Lipinski definition) is 0. The maximum absolute atomic E-state index is 13.0. The molecule has 1 aromatic carbocycles. The van der Waals surface area contributed by atoms with Crippen molar-refractivity contribution in [2.24, 2.45) is 0 Å². The number of pyridine rings is 1. The minimum Gasteiger partial charge on any atom is -0.251 e. The summed E-state index contributed by atoms with van der Waals surface area (Å²) in [6.45, 7) is -0.100. The Hall–Kier alpha value is -4.01. The Kier molecular flexibility index (Phi) is 5.62. The molecule has 0 fully saturated rings. The van der Waals surface area contributed by atoms with E-state index in [2.05, 4.69) is 21.3 Å². The first-order valence-electron chi connectivity index (χ1n) is 10.0. The summed E-state index contributed by atoms with van der Waals surface area (Å²) < 4.78 is 40.7. The topological polar surface area (TPSA) is 88.9 Å². The maximum Gasteiger partial charge on any atom is 0.433 e. The van der Waals surface area contributed by atoms with Gasteiger partial charge in [0.1, 0.15) is 16.6 Å². The van der Waals surface area contributed by atoms with Gasteiger partial charge in [-0.15, -0.1) is 16.4 Å². The van der Waals surface area contributed by atoms with Gasteiger partial charge in [-0.25, -0.2) is 9.48 Å². The summed E-state index contributed by atoms with van der Waals surface area (Å²) in [5, 5.41) is 18.6. The van der Waals surface area contributed by atoms with E-state index in [4.69, 9.17) is 11.6 Å². The van der Waals surface area contributed by atoms with Gasteiger partial charge in [0.05, 0.1) is 12.7 Å². The van der Waals surface area contributed by atoms with Crippen molar-refractivity contribution in [3.05, 3.63) is 92.6 Å². The van der Waals surface area contributed by atoms with Crippen LogP contribution in [0.3, 0.4) is 0 Å². The van der Waals surface area contributed by atoms with E-state index in [0.717, 1.165) is 27.0 Å². The number of nitriles is 1. The first-order chi connectivity index (χ1) is 16.7. The second kappa shape index (κ2) is 8.65. The summed E-state index contributed by atoms with van der Waals surface area (Å²) in [6, 6.07) is 14.7. The summed E-state index contributed by atoms with van der Waals surface area (Å²) in [7, 11) is 0. The van der Waals surface area contributed by atoms with Crippen LogP contribution in [0.5, 0.6) is 0 Å². The van der Waals surface area contributed by atoms with Crippen LogP contribution < -0.4 is 5.69 Å².